The maximum absolute atomic E-state index is 11.2. The second-order valence-electron chi connectivity index (χ2n) is 4.55. The SMILES string of the molecule is CS(=O)(=O)Nc1ccc(Cl)c(NCc2cccc(Br)c2)c1. The van der Waals surface area contributed by atoms with Gasteiger partial charge in [-0.2, -0.15) is 0 Å². The lowest BCUT2D eigenvalue weighted by Crippen LogP contribution is -2.10. The van der Waals surface area contributed by atoms with E-state index in [0.29, 0.717) is 22.9 Å². The normalized spacial score (nSPS) is 11.2. The van der Waals surface area contributed by atoms with Crippen LogP contribution in [0.3, 0.4) is 0 Å². The number of anilines is 2. The summed E-state index contributed by atoms with van der Waals surface area (Å²) < 4.78 is 25.9. The molecule has 2 rings (SSSR count). The number of rotatable bonds is 5. The van der Waals surface area contributed by atoms with Crippen molar-refractivity contribution in [3.63, 3.8) is 0 Å². The van der Waals surface area contributed by atoms with E-state index in [2.05, 4.69) is 26.0 Å². The van der Waals surface area contributed by atoms with E-state index in [4.69, 9.17) is 11.6 Å². The molecule has 4 nitrogen and oxygen atoms in total. The van der Waals surface area contributed by atoms with Gasteiger partial charge in [-0.25, -0.2) is 8.42 Å². The van der Waals surface area contributed by atoms with Crippen LogP contribution in [0, 0.1) is 0 Å². The fourth-order valence-corrected chi connectivity index (χ4v) is 2.97. The van der Waals surface area contributed by atoms with Crippen molar-refractivity contribution in [2.75, 3.05) is 16.3 Å². The Balaban J connectivity index is 2.14. The summed E-state index contributed by atoms with van der Waals surface area (Å²) >= 11 is 9.53. The Kier molecular flexibility index (Phi) is 5.13. The van der Waals surface area contributed by atoms with Gasteiger partial charge < -0.3 is 5.32 Å². The smallest absolute Gasteiger partial charge is 0.229 e. The molecular formula is C14H14BrClN2O2S. The summed E-state index contributed by atoms with van der Waals surface area (Å²) in [6.07, 6.45) is 1.11. The summed E-state index contributed by atoms with van der Waals surface area (Å²) in [6, 6.07) is 12.8. The van der Waals surface area contributed by atoms with Gasteiger partial charge in [0.05, 0.1) is 22.7 Å². The quantitative estimate of drug-likeness (QED) is 0.810. The molecule has 0 saturated heterocycles. The van der Waals surface area contributed by atoms with Gasteiger partial charge in [0, 0.05) is 11.0 Å². The van der Waals surface area contributed by atoms with E-state index in [1.54, 1.807) is 18.2 Å². The van der Waals surface area contributed by atoms with Gasteiger partial charge in [-0.1, -0.05) is 39.7 Å². The number of halogens is 2. The topological polar surface area (TPSA) is 58.2 Å². The Morgan fingerprint density at radius 2 is 1.95 bits per heavy atom. The largest absolute Gasteiger partial charge is 0.380 e. The zero-order valence-electron chi connectivity index (χ0n) is 11.2. The average Bonchev–Trinajstić information content (AvgIpc) is 2.38. The predicted octanol–water partition coefficient (Wildman–Crippen LogP) is 4.09. The summed E-state index contributed by atoms with van der Waals surface area (Å²) in [6.45, 7) is 0.585. The fourth-order valence-electron chi connectivity index (χ4n) is 1.78. The molecule has 0 atom stereocenters. The van der Waals surface area contributed by atoms with Crippen LogP contribution in [-0.2, 0) is 16.6 Å². The molecule has 0 spiro atoms. The van der Waals surface area contributed by atoms with Gasteiger partial charge in [-0.05, 0) is 35.9 Å². The van der Waals surface area contributed by atoms with Crippen LogP contribution in [0.5, 0.6) is 0 Å². The average molecular weight is 390 g/mol. The molecule has 0 saturated carbocycles. The van der Waals surface area contributed by atoms with Crippen LogP contribution in [0.25, 0.3) is 0 Å². The number of sulfonamides is 1. The molecular weight excluding hydrogens is 376 g/mol. The molecule has 0 radical (unpaired) electrons. The van der Waals surface area contributed by atoms with Gasteiger partial charge >= 0.3 is 0 Å². The Morgan fingerprint density at radius 3 is 2.62 bits per heavy atom. The lowest BCUT2D eigenvalue weighted by atomic mass is 10.2. The molecule has 2 N–H and O–H groups in total. The van der Waals surface area contributed by atoms with Crippen molar-refractivity contribution in [2.24, 2.45) is 0 Å². The second-order valence-corrected chi connectivity index (χ2v) is 7.62. The maximum atomic E-state index is 11.2. The molecule has 0 unspecified atom stereocenters. The molecule has 0 aliphatic carbocycles. The first-order valence-electron chi connectivity index (χ1n) is 6.09. The van der Waals surface area contributed by atoms with Crippen molar-refractivity contribution in [1.82, 2.24) is 0 Å². The first-order valence-corrected chi connectivity index (χ1v) is 9.15. The van der Waals surface area contributed by atoms with Crippen molar-refractivity contribution < 1.29 is 8.42 Å². The monoisotopic (exact) mass is 388 g/mol. The van der Waals surface area contributed by atoms with E-state index in [1.807, 2.05) is 24.3 Å². The van der Waals surface area contributed by atoms with E-state index in [1.165, 1.54) is 0 Å². The minimum atomic E-state index is -3.31. The molecule has 2 aromatic rings. The summed E-state index contributed by atoms with van der Waals surface area (Å²) in [7, 11) is -3.31. The molecule has 0 aliphatic heterocycles. The summed E-state index contributed by atoms with van der Waals surface area (Å²) in [5, 5.41) is 3.73. The van der Waals surface area contributed by atoms with Gasteiger partial charge in [-0.15, -0.1) is 0 Å². The molecule has 0 amide bonds. The Labute approximate surface area is 137 Å². The van der Waals surface area contributed by atoms with Crippen molar-refractivity contribution in [2.45, 2.75) is 6.54 Å². The summed E-state index contributed by atoms with van der Waals surface area (Å²) in [5.41, 5.74) is 2.23. The first-order chi connectivity index (χ1) is 9.83. The van der Waals surface area contributed by atoms with Crippen LogP contribution < -0.4 is 10.0 Å². The van der Waals surface area contributed by atoms with Crippen LogP contribution in [0.4, 0.5) is 11.4 Å². The van der Waals surface area contributed by atoms with Crippen LogP contribution in [0.15, 0.2) is 46.9 Å². The Morgan fingerprint density at radius 1 is 1.19 bits per heavy atom. The van der Waals surface area contributed by atoms with Gasteiger partial charge in [-0.3, -0.25) is 4.72 Å². The summed E-state index contributed by atoms with van der Waals surface area (Å²) in [5.74, 6) is 0. The zero-order valence-corrected chi connectivity index (χ0v) is 14.4. The molecule has 0 fully saturated rings. The van der Waals surface area contributed by atoms with Crippen molar-refractivity contribution in [3.05, 3.63) is 57.5 Å². The molecule has 0 aromatic heterocycles. The lowest BCUT2D eigenvalue weighted by Gasteiger charge is -2.11. The maximum Gasteiger partial charge on any atom is 0.229 e. The minimum Gasteiger partial charge on any atom is -0.380 e. The number of hydrogen-bond acceptors (Lipinski definition) is 3. The highest BCUT2D eigenvalue weighted by molar-refractivity contribution is 9.10. The second kappa shape index (κ2) is 6.68. The van der Waals surface area contributed by atoms with E-state index in [9.17, 15) is 8.42 Å². The third-order valence-corrected chi connectivity index (χ3v) is 4.07. The zero-order chi connectivity index (χ0) is 15.5. The van der Waals surface area contributed by atoms with Crippen molar-refractivity contribution in [1.29, 1.82) is 0 Å². The first kappa shape index (κ1) is 16.1. The van der Waals surface area contributed by atoms with E-state index >= 15 is 0 Å². The molecule has 7 heteroatoms. The number of nitrogens with one attached hydrogen (secondary N) is 2. The van der Waals surface area contributed by atoms with Crippen LogP contribution in [0.2, 0.25) is 5.02 Å². The highest BCUT2D eigenvalue weighted by atomic mass is 79.9. The molecule has 0 bridgehead atoms. The van der Waals surface area contributed by atoms with Gasteiger partial charge in [0.1, 0.15) is 0 Å². The standard InChI is InChI=1S/C14H14BrClN2O2S/c1-21(19,20)18-12-5-6-13(16)14(8-12)17-9-10-3-2-4-11(15)7-10/h2-8,17-18H,9H2,1H3. The van der Waals surface area contributed by atoms with Crippen molar-refractivity contribution >= 4 is 48.9 Å². The third-order valence-electron chi connectivity index (χ3n) is 2.64. The van der Waals surface area contributed by atoms with Crippen molar-refractivity contribution in [3.8, 4) is 0 Å². The van der Waals surface area contributed by atoms with E-state index < -0.39 is 10.0 Å². The van der Waals surface area contributed by atoms with Crippen LogP contribution in [0.1, 0.15) is 5.56 Å². The van der Waals surface area contributed by atoms with Gasteiger partial charge in [0.2, 0.25) is 10.0 Å². The highest BCUT2D eigenvalue weighted by Crippen LogP contribution is 2.26. The van der Waals surface area contributed by atoms with Gasteiger partial charge in [0.25, 0.3) is 0 Å². The molecule has 21 heavy (non-hydrogen) atoms. The summed E-state index contributed by atoms with van der Waals surface area (Å²) in [4.78, 5) is 0. The van der Waals surface area contributed by atoms with E-state index in [0.717, 1.165) is 16.3 Å². The molecule has 112 valence electrons. The number of benzene rings is 2. The molecule has 0 aliphatic rings. The number of hydrogen-bond donors (Lipinski definition) is 2. The molecule has 0 heterocycles. The van der Waals surface area contributed by atoms with Crippen LogP contribution in [-0.4, -0.2) is 14.7 Å². The highest BCUT2D eigenvalue weighted by Gasteiger charge is 2.06. The Bertz CT molecular complexity index is 750. The van der Waals surface area contributed by atoms with Crippen LogP contribution >= 0.6 is 27.5 Å². The molecule has 2 aromatic carbocycles. The Hall–Kier alpha value is -1.24. The fraction of sp³-hybridized carbons (Fsp3) is 0.143. The lowest BCUT2D eigenvalue weighted by molar-refractivity contribution is 0.607. The predicted molar refractivity (Wildman–Crippen MR) is 91.4 cm³/mol. The van der Waals surface area contributed by atoms with Gasteiger partial charge in [0.15, 0.2) is 0 Å². The minimum absolute atomic E-state index is 0.471. The van der Waals surface area contributed by atoms with E-state index in [-0.39, 0.29) is 0 Å². The third kappa shape index (κ3) is 5.22.